The van der Waals surface area contributed by atoms with E-state index in [1.165, 1.54) is 6.92 Å². The average molecular weight is 222 g/mol. The van der Waals surface area contributed by atoms with Gasteiger partial charge in [-0.3, -0.25) is 4.79 Å². The summed E-state index contributed by atoms with van der Waals surface area (Å²) < 4.78 is 0. The Morgan fingerprint density at radius 3 is 2.81 bits per heavy atom. The van der Waals surface area contributed by atoms with E-state index < -0.39 is 0 Å². The first-order valence-electron chi connectivity index (χ1n) is 5.51. The highest BCUT2D eigenvalue weighted by Crippen LogP contribution is 2.13. The number of Topliss-reactive ketones (excluding diaryl/α,β-unsaturated/α-hetero) is 1. The summed E-state index contributed by atoms with van der Waals surface area (Å²) in [5, 5.41) is 8.97. The minimum Gasteiger partial charge on any atom is -0.395 e. The van der Waals surface area contributed by atoms with E-state index >= 15 is 0 Å². The zero-order chi connectivity index (χ0) is 12.0. The average Bonchev–Trinajstić information content (AvgIpc) is 2.29. The lowest BCUT2D eigenvalue weighted by atomic mass is 10.2. The lowest BCUT2D eigenvalue weighted by molar-refractivity contribution is 0.101. The van der Waals surface area contributed by atoms with Gasteiger partial charge in [0, 0.05) is 24.8 Å². The molecule has 4 nitrogen and oxygen atoms in total. The number of hydrogen-bond donors (Lipinski definition) is 1. The second-order valence-corrected chi connectivity index (χ2v) is 3.67. The smallest absolute Gasteiger partial charge is 0.159 e. The van der Waals surface area contributed by atoms with E-state index in [2.05, 4.69) is 11.9 Å². The van der Waals surface area contributed by atoms with Gasteiger partial charge in [0.05, 0.1) is 6.61 Å². The molecule has 0 amide bonds. The van der Waals surface area contributed by atoms with Crippen molar-refractivity contribution in [1.29, 1.82) is 0 Å². The first kappa shape index (κ1) is 12.6. The van der Waals surface area contributed by atoms with Crippen LogP contribution in [0.2, 0.25) is 0 Å². The van der Waals surface area contributed by atoms with Gasteiger partial charge in [-0.25, -0.2) is 4.98 Å². The Morgan fingerprint density at radius 1 is 1.50 bits per heavy atom. The van der Waals surface area contributed by atoms with Crippen LogP contribution in [0.25, 0.3) is 0 Å². The fraction of sp³-hybridized carbons (Fsp3) is 0.500. The molecule has 0 saturated heterocycles. The van der Waals surface area contributed by atoms with Crippen LogP contribution in [0.3, 0.4) is 0 Å². The van der Waals surface area contributed by atoms with Crippen LogP contribution in [0.5, 0.6) is 0 Å². The van der Waals surface area contributed by atoms with E-state index in [4.69, 9.17) is 5.11 Å². The largest absolute Gasteiger partial charge is 0.395 e. The molecule has 0 fully saturated rings. The Kier molecular flexibility index (Phi) is 4.92. The number of rotatable bonds is 6. The van der Waals surface area contributed by atoms with Crippen molar-refractivity contribution in [1.82, 2.24) is 4.98 Å². The van der Waals surface area contributed by atoms with Crippen molar-refractivity contribution in [2.24, 2.45) is 0 Å². The van der Waals surface area contributed by atoms with Gasteiger partial charge in [-0.2, -0.15) is 0 Å². The lowest BCUT2D eigenvalue weighted by Crippen LogP contribution is -2.28. The zero-order valence-corrected chi connectivity index (χ0v) is 9.81. The quantitative estimate of drug-likeness (QED) is 0.741. The summed E-state index contributed by atoms with van der Waals surface area (Å²) in [5.41, 5.74) is 0.657. The van der Waals surface area contributed by atoms with E-state index in [0.717, 1.165) is 18.8 Å². The van der Waals surface area contributed by atoms with Crippen molar-refractivity contribution < 1.29 is 9.90 Å². The molecule has 0 unspecified atom stereocenters. The van der Waals surface area contributed by atoms with Crippen LogP contribution in [0.4, 0.5) is 5.82 Å². The van der Waals surface area contributed by atoms with Crippen LogP contribution in [-0.2, 0) is 0 Å². The molecule has 16 heavy (non-hydrogen) atoms. The molecule has 4 heteroatoms. The van der Waals surface area contributed by atoms with Gasteiger partial charge in [-0.15, -0.1) is 0 Å². The van der Waals surface area contributed by atoms with Crippen LogP contribution < -0.4 is 4.90 Å². The molecular weight excluding hydrogens is 204 g/mol. The van der Waals surface area contributed by atoms with Crippen molar-refractivity contribution in [2.75, 3.05) is 24.6 Å². The maximum Gasteiger partial charge on any atom is 0.159 e. The van der Waals surface area contributed by atoms with E-state index in [1.807, 2.05) is 4.90 Å². The Labute approximate surface area is 95.9 Å². The third-order valence-electron chi connectivity index (χ3n) is 2.34. The fourth-order valence-electron chi connectivity index (χ4n) is 1.54. The summed E-state index contributed by atoms with van der Waals surface area (Å²) in [7, 11) is 0. The van der Waals surface area contributed by atoms with E-state index in [0.29, 0.717) is 12.1 Å². The number of anilines is 1. The second-order valence-electron chi connectivity index (χ2n) is 3.67. The van der Waals surface area contributed by atoms with E-state index in [1.54, 1.807) is 18.3 Å². The number of carbonyl (C=O) groups excluding carboxylic acids is 1. The second kappa shape index (κ2) is 6.23. The van der Waals surface area contributed by atoms with Crippen molar-refractivity contribution in [3.8, 4) is 0 Å². The standard InChI is InChI=1S/C12H18N2O2/c1-3-6-14(7-8-15)12-9-11(10(2)16)4-5-13-12/h4-5,9,15H,3,6-8H2,1-2H3. The molecule has 1 aromatic rings. The summed E-state index contributed by atoms with van der Waals surface area (Å²) >= 11 is 0. The van der Waals surface area contributed by atoms with Gasteiger partial charge in [-0.1, -0.05) is 6.92 Å². The number of aliphatic hydroxyl groups excluding tert-OH is 1. The molecule has 0 aliphatic heterocycles. The summed E-state index contributed by atoms with van der Waals surface area (Å²) in [4.78, 5) is 17.4. The number of pyridine rings is 1. The summed E-state index contributed by atoms with van der Waals surface area (Å²) in [5.74, 6) is 0.785. The number of hydrogen-bond acceptors (Lipinski definition) is 4. The Morgan fingerprint density at radius 2 is 2.25 bits per heavy atom. The number of nitrogens with zero attached hydrogens (tertiary/aromatic N) is 2. The van der Waals surface area contributed by atoms with Gasteiger partial charge in [0.15, 0.2) is 5.78 Å². The molecule has 0 atom stereocenters. The molecule has 0 saturated carbocycles. The number of aromatic nitrogens is 1. The van der Waals surface area contributed by atoms with Gasteiger partial charge in [-0.05, 0) is 25.5 Å². The molecule has 0 aliphatic rings. The van der Waals surface area contributed by atoms with Crippen LogP contribution in [0.15, 0.2) is 18.3 Å². The molecule has 1 heterocycles. The Balaban J connectivity index is 2.90. The predicted molar refractivity (Wildman–Crippen MR) is 63.8 cm³/mol. The minimum atomic E-state index is 0.0316. The number of aliphatic hydroxyl groups is 1. The summed E-state index contributed by atoms with van der Waals surface area (Å²) in [6, 6.07) is 3.47. The molecule has 88 valence electrons. The first-order chi connectivity index (χ1) is 7.69. The molecule has 0 bridgehead atoms. The van der Waals surface area contributed by atoms with E-state index in [9.17, 15) is 4.79 Å². The van der Waals surface area contributed by atoms with Crippen molar-refractivity contribution in [3.05, 3.63) is 23.9 Å². The van der Waals surface area contributed by atoms with Crippen molar-refractivity contribution in [2.45, 2.75) is 20.3 Å². The molecule has 0 spiro atoms. The van der Waals surface area contributed by atoms with Crippen LogP contribution in [-0.4, -0.2) is 35.6 Å². The number of ketones is 1. The predicted octanol–water partition coefficient (Wildman–Crippen LogP) is 1.49. The zero-order valence-electron chi connectivity index (χ0n) is 9.81. The molecule has 1 N–H and O–H groups in total. The molecule has 1 rings (SSSR count). The van der Waals surface area contributed by atoms with Gasteiger partial charge in [0.1, 0.15) is 5.82 Å². The molecule has 0 aliphatic carbocycles. The van der Waals surface area contributed by atoms with Crippen molar-refractivity contribution >= 4 is 11.6 Å². The molecule has 1 aromatic heterocycles. The normalized spacial score (nSPS) is 10.2. The fourth-order valence-corrected chi connectivity index (χ4v) is 1.54. The first-order valence-corrected chi connectivity index (χ1v) is 5.51. The SMILES string of the molecule is CCCN(CCO)c1cc(C(C)=O)ccn1. The highest BCUT2D eigenvalue weighted by molar-refractivity contribution is 5.94. The molecule has 0 radical (unpaired) electrons. The Hall–Kier alpha value is -1.42. The lowest BCUT2D eigenvalue weighted by Gasteiger charge is -2.22. The third-order valence-corrected chi connectivity index (χ3v) is 2.34. The van der Waals surface area contributed by atoms with Crippen LogP contribution in [0.1, 0.15) is 30.6 Å². The Bertz CT molecular complexity index is 347. The molecule has 0 aromatic carbocycles. The molecular formula is C12H18N2O2. The highest BCUT2D eigenvalue weighted by atomic mass is 16.3. The maximum atomic E-state index is 11.2. The monoisotopic (exact) mass is 222 g/mol. The van der Waals surface area contributed by atoms with Crippen molar-refractivity contribution in [3.63, 3.8) is 0 Å². The minimum absolute atomic E-state index is 0.0316. The van der Waals surface area contributed by atoms with Gasteiger partial charge >= 0.3 is 0 Å². The topological polar surface area (TPSA) is 53.4 Å². The van der Waals surface area contributed by atoms with Crippen LogP contribution in [0, 0.1) is 0 Å². The highest BCUT2D eigenvalue weighted by Gasteiger charge is 2.08. The third kappa shape index (κ3) is 3.31. The summed E-state index contributed by atoms with van der Waals surface area (Å²) in [6.07, 6.45) is 2.61. The van der Waals surface area contributed by atoms with Gasteiger partial charge in [0.2, 0.25) is 0 Å². The van der Waals surface area contributed by atoms with Crippen LogP contribution >= 0.6 is 0 Å². The maximum absolute atomic E-state index is 11.2. The van der Waals surface area contributed by atoms with Gasteiger partial charge in [0.25, 0.3) is 0 Å². The number of carbonyl (C=O) groups is 1. The van der Waals surface area contributed by atoms with E-state index in [-0.39, 0.29) is 12.4 Å². The summed E-state index contributed by atoms with van der Waals surface area (Å²) in [6.45, 7) is 5.07. The van der Waals surface area contributed by atoms with Gasteiger partial charge < -0.3 is 10.0 Å².